The summed E-state index contributed by atoms with van der Waals surface area (Å²) in [4.78, 5) is 24.7. The molecule has 0 heterocycles. The van der Waals surface area contributed by atoms with Crippen molar-refractivity contribution < 1.29 is 14.3 Å². The third-order valence-corrected chi connectivity index (χ3v) is 6.11. The van der Waals surface area contributed by atoms with Gasteiger partial charge in [-0.2, -0.15) is 0 Å². The average Bonchev–Trinajstić information content (AvgIpc) is 2.61. The Morgan fingerprint density at radius 2 is 1.96 bits per heavy atom. The standard InChI is InChI=1S/C20H28ClN3O3/c1-27-17-6-5-15(21)11-16(17)24-18(25)7-8-23-20(26)14-9-12-3-2-4-13(10-14)19(12)22/h5-6,11-14,19H,2-4,7-10,22H2,1H3,(H,23,26)(H,24,25). The lowest BCUT2D eigenvalue weighted by Gasteiger charge is -2.43. The van der Waals surface area contributed by atoms with E-state index in [2.05, 4.69) is 10.6 Å². The van der Waals surface area contributed by atoms with Crippen LogP contribution in [0.15, 0.2) is 18.2 Å². The lowest BCUT2D eigenvalue weighted by molar-refractivity contribution is -0.128. The first-order chi connectivity index (χ1) is 13.0. The van der Waals surface area contributed by atoms with Crippen molar-refractivity contribution in [2.24, 2.45) is 23.5 Å². The number of hydrogen-bond acceptors (Lipinski definition) is 4. The Morgan fingerprint density at radius 3 is 2.63 bits per heavy atom. The number of benzene rings is 1. The Kier molecular flexibility index (Phi) is 6.60. The Bertz CT molecular complexity index is 683. The van der Waals surface area contributed by atoms with Gasteiger partial charge in [0.15, 0.2) is 0 Å². The van der Waals surface area contributed by atoms with Crippen molar-refractivity contribution in [2.45, 2.75) is 44.6 Å². The van der Waals surface area contributed by atoms with Crippen molar-refractivity contribution in [3.8, 4) is 5.75 Å². The Morgan fingerprint density at radius 1 is 1.26 bits per heavy atom. The van der Waals surface area contributed by atoms with E-state index in [0.29, 0.717) is 34.8 Å². The fourth-order valence-electron chi connectivity index (χ4n) is 4.44. The van der Waals surface area contributed by atoms with Gasteiger partial charge >= 0.3 is 0 Å². The van der Waals surface area contributed by atoms with Crippen molar-refractivity contribution in [3.05, 3.63) is 23.2 Å². The number of nitrogens with one attached hydrogen (secondary N) is 2. The molecule has 2 aliphatic carbocycles. The fraction of sp³-hybridized carbons (Fsp3) is 0.600. The molecule has 1 aromatic carbocycles. The number of amides is 2. The summed E-state index contributed by atoms with van der Waals surface area (Å²) in [5.41, 5.74) is 6.81. The van der Waals surface area contributed by atoms with Crippen molar-refractivity contribution in [1.29, 1.82) is 0 Å². The highest BCUT2D eigenvalue weighted by Gasteiger charge is 2.40. The van der Waals surface area contributed by atoms with Crippen LogP contribution in [0.2, 0.25) is 5.02 Å². The van der Waals surface area contributed by atoms with Gasteiger partial charge in [-0.15, -0.1) is 0 Å². The topological polar surface area (TPSA) is 93.5 Å². The quantitative estimate of drug-likeness (QED) is 0.692. The zero-order valence-corrected chi connectivity index (χ0v) is 16.4. The van der Waals surface area contributed by atoms with Crippen LogP contribution in [0.4, 0.5) is 5.69 Å². The molecular weight excluding hydrogens is 366 g/mol. The van der Waals surface area contributed by atoms with Crippen LogP contribution >= 0.6 is 11.6 Å². The molecule has 148 valence electrons. The van der Waals surface area contributed by atoms with Crippen LogP contribution in [0.5, 0.6) is 5.75 Å². The number of hydrogen-bond donors (Lipinski definition) is 3. The average molecular weight is 394 g/mol. The molecule has 27 heavy (non-hydrogen) atoms. The van der Waals surface area contributed by atoms with Crippen LogP contribution in [0.1, 0.15) is 38.5 Å². The highest BCUT2D eigenvalue weighted by molar-refractivity contribution is 6.31. The maximum Gasteiger partial charge on any atom is 0.226 e. The van der Waals surface area contributed by atoms with Gasteiger partial charge in [0, 0.05) is 29.9 Å². The maximum absolute atomic E-state index is 12.5. The molecule has 2 amide bonds. The first-order valence-corrected chi connectivity index (χ1v) is 10.0. The molecule has 2 atom stereocenters. The number of anilines is 1. The van der Waals surface area contributed by atoms with E-state index in [0.717, 1.165) is 25.7 Å². The molecule has 4 N–H and O–H groups in total. The fourth-order valence-corrected chi connectivity index (χ4v) is 4.61. The van der Waals surface area contributed by atoms with Crippen molar-refractivity contribution in [1.82, 2.24) is 5.32 Å². The Labute approximate surface area is 165 Å². The largest absolute Gasteiger partial charge is 0.495 e. The molecule has 2 saturated carbocycles. The first-order valence-electron chi connectivity index (χ1n) is 9.64. The summed E-state index contributed by atoms with van der Waals surface area (Å²) < 4.78 is 5.21. The second-order valence-electron chi connectivity index (χ2n) is 7.63. The number of methoxy groups -OCH3 is 1. The van der Waals surface area contributed by atoms with E-state index >= 15 is 0 Å². The zero-order valence-electron chi connectivity index (χ0n) is 15.7. The van der Waals surface area contributed by atoms with Crippen LogP contribution in [0.25, 0.3) is 0 Å². The molecule has 2 fully saturated rings. The van der Waals surface area contributed by atoms with Crippen molar-refractivity contribution in [2.75, 3.05) is 19.0 Å². The number of fused-ring (bicyclic) bond motifs is 2. The van der Waals surface area contributed by atoms with E-state index in [1.165, 1.54) is 13.5 Å². The van der Waals surface area contributed by atoms with Crippen LogP contribution in [-0.4, -0.2) is 31.5 Å². The number of rotatable bonds is 6. The molecule has 0 aromatic heterocycles. The molecule has 7 heteroatoms. The van der Waals surface area contributed by atoms with E-state index in [1.807, 2.05) is 0 Å². The van der Waals surface area contributed by atoms with Crippen LogP contribution in [0.3, 0.4) is 0 Å². The van der Waals surface area contributed by atoms with E-state index in [1.54, 1.807) is 18.2 Å². The smallest absolute Gasteiger partial charge is 0.226 e. The highest BCUT2D eigenvalue weighted by Crippen LogP contribution is 2.41. The molecule has 3 rings (SSSR count). The number of ether oxygens (including phenoxy) is 1. The zero-order chi connectivity index (χ0) is 19.4. The van der Waals surface area contributed by atoms with Gasteiger partial charge in [0.1, 0.15) is 5.75 Å². The van der Waals surface area contributed by atoms with E-state index in [4.69, 9.17) is 22.1 Å². The highest BCUT2D eigenvalue weighted by atomic mass is 35.5. The minimum atomic E-state index is -0.196. The molecular formula is C20H28ClN3O3. The van der Waals surface area contributed by atoms with E-state index in [9.17, 15) is 9.59 Å². The SMILES string of the molecule is COc1ccc(Cl)cc1NC(=O)CCNC(=O)C1CC2CCCC(C1)C2N. The van der Waals surface area contributed by atoms with Crippen LogP contribution < -0.4 is 21.1 Å². The van der Waals surface area contributed by atoms with Crippen LogP contribution in [0, 0.1) is 17.8 Å². The van der Waals surface area contributed by atoms with Gasteiger partial charge in [0.2, 0.25) is 11.8 Å². The summed E-state index contributed by atoms with van der Waals surface area (Å²) >= 11 is 5.97. The maximum atomic E-state index is 12.5. The Hall–Kier alpha value is -1.79. The van der Waals surface area contributed by atoms with Gasteiger partial charge in [0.25, 0.3) is 0 Å². The monoisotopic (exact) mass is 393 g/mol. The molecule has 6 nitrogen and oxygen atoms in total. The van der Waals surface area contributed by atoms with Gasteiger partial charge in [-0.25, -0.2) is 0 Å². The number of carbonyl (C=O) groups excluding carboxylic acids is 2. The molecule has 1 aromatic rings. The van der Waals surface area contributed by atoms with Gasteiger partial charge in [0.05, 0.1) is 12.8 Å². The molecule has 0 radical (unpaired) electrons. The minimum Gasteiger partial charge on any atom is -0.495 e. The van der Waals surface area contributed by atoms with Gasteiger partial charge in [-0.1, -0.05) is 18.0 Å². The predicted octanol–water partition coefficient (Wildman–Crippen LogP) is 2.95. The van der Waals surface area contributed by atoms with E-state index in [-0.39, 0.29) is 30.2 Å². The third-order valence-electron chi connectivity index (χ3n) is 5.87. The summed E-state index contributed by atoms with van der Waals surface area (Å²) in [5.74, 6) is 1.35. The number of carbonyl (C=O) groups is 2. The number of halogens is 1. The summed E-state index contributed by atoms with van der Waals surface area (Å²) in [6.07, 6.45) is 5.42. The molecule has 2 unspecified atom stereocenters. The minimum absolute atomic E-state index is 0.0242. The lowest BCUT2D eigenvalue weighted by atomic mass is 9.65. The first kappa shape index (κ1) is 20.0. The normalized spacial score (nSPS) is 26.9. The summed E-state index contributed by atoms with van der Waals surface area (Å²) in [6, 6.07) is 5.29. The molecule has 2 aliphatic rings. The summed E-state index contributed by atoms with van der Waals surface area (Å²) in [7, 11) is 1.53. The van der Waals surface area contributed by atoms with Gasteiger partial charge in [-0.05, 0) is 55.7 Å². The molecule has 0 spiro atoms. The predicted molar refractivity (Wildman–Crippen MR) is 106 cm³/mol. The van der Waals surface area contributed by atoms with Crippen molar-refractivity contribution >= 4 is 29.1 Å². The van der Waals surface area contributed by atoms with Crippen LogP contribution in [-0.2, 0) is 9.59 Å². The molecule has 0 aliphatic heterocycles. The summed E-state index contributed by atoms with van der Waals surface area (Å²) in [5, 5.41) is 6.21. The lowest BCUT2D eigenvalue weighted by Crippen LogP contribution is -2.49. The molecule has 0 saturated heterocycles. The second-order valence-corrected chi connectivity index (χ2v) is 8.07. The van der Waals surface area contributed by atoms with E-state index < -0.39 is 0 Å². The number of nitrogens with two attached hydrogens (primary N) is 1. The summed E-state index contributed by atoms with van der Waals surface area (Å²) in [6.45, 7) is 0.311. The molecule has 2 bridgehead atoms. The van der Waals surface area contributed by atoms with Gasteiger partial charge < -0.3 is 21.1 Å². The second kappa shape index (κ2) is 8.93. The van der Waals surface area contributed by atoms with Crippen molar-refractivity contribution in [3.63, 3.8) is 0 Å². The Balaban J connectivity index is 1.45. The third kappa shape index (κ3) is 4.93. The van der Waals surface area contributed by atoms with Gasteiger partial charge in [-0.3, -0.25) is 9.59 Å².